The van der Waals surface area contributed by atoms with Crippen molar-refractivity contribution < 1.29 is 13.3 Å². The molecule has 0 bridgehead atoms. The van der Waals surface area contributed by atoms with Crippen LogP contribution in [-0.4, -0.2) is 33.6 Å². The molecule has 0 amide bonds. The van der Waals surface area contributed by atoms with Crippen molar-refractivity contribution >= 4 is 98.9 Å². The maximum Gasteiger partial charge on any atom is 0.213 e. The Labute approximate surface area is 372 Å². The van der Waals surface area contributed by atoms with Crippen LogP contribution < -0.4 is 0 Å². The number of fused-ring (bicyclic) bond motifs is 15. The van der Waals surface area contributed by atoms with Gasteiger partial charge in [-0.3, -0.25) is 13.7 Å². The predicted molar refractivity (Wildman–Crippen MR) is 261 cm³/mol. The summed E-state index contributed by atoms with van der Waals surface area (Å²) < 4.78 is 28.0. The molecule has 15 rings (SSSR count). The minimum atomic E-state index is 0.503. The summed E-state index contributed by atoms with van der Waals surface area (Å²) in [5.74, 6) is 1.01. The molecule has 0 aliphatic rings. The first-order valence-corrected chi connectivity index (χ1v) is 21.8. The van der Waals surface area contributed by atoms with Gasteiger partial charge in [0.1, 0.15) is 16.7 Å². The first kappa shape index (κ1) is 35.2. The molecule has 0 unspecified atom stereocenters. The van der Waals surface area contributed by atoms with Crippen LogP contribution in [0.15, 0.2) is 202 Å². The minimum Gasteiger partial charge on any atom is -0.439 e. The lowest BCUT2D eigenvalue weighted by molar-refractivity contribution is 0.637. The van der Waals surface area contributed by atoms with Gasteiger partial charge in [-0.15, -0.1) is 0 Å². The Morgan fingerprint density at radius 3 is 0.970 bits per heavy atom. The van der Waals surface area contributed by atoms with Crippen LogP contribution in [0.4, 0.5) is 0 Å². The molecule has 66 heavy (non-hydrogen) atoms. The summed E-state index contributed by atoms with van der Waals surface area (Å²) in [5, 5.41) is 9.15. The highest BCUT2D eigenvalue weighted by Crippen LogP contribution is 2.51. The molecule has 10 nitrogen and oxygen atoms in total. The van der Waals surface area contributed by atoms with Crippen LogP contribution in [0.3, 0.4) is 0 Å². The van der Waals surface area contributed by atoms with Gasteiger partial charge >= 0.3 is 0 Å². The molecular formula is C56H31N7O3. The third-order valence-corrected chi connectivity index (χ3v) is 13.1. The topological polar surface area (TPSA) is 106 Å². The molecule has 0 radical (unpaired) electrons. The van der Waals surface area contributed by atoms with Crippen molar-refractivity contribution in [3.05, 3.63) is 189 Å². The summed E-state index contributed by atoms with van der Waals surface area (Å²) in [4.78, 5) is 20.0. The van der Waals surface area contributed by atoms with E-state index < -0.39 is 0 Å². The van der Waals surface area contributed by atoms with Gasteiger partial charge in [0.15, 0.2) is 11.6 Å². The lowest BCUT2D eigenvalue weighted by Gasteiger charge is -2.25. The van der Waals surface area contributed by atoms with E-state index in [1.54, 1.807) is 24.8 Å². The molecule has 0 N–H and O–H groups in total. The lowest BCUT2D eigenvalue weighted by Crippen LogP contribution is -2.13. The Kier molecular flexibility index (Phi) is 7.01. The fourth-order valence-electron chi connectivity index (χ4n) is 10.5. The molecule has 0 aliphatic heterocycles. The van der Waals surface area contributed by atoms with Crippen molar-refractivity contribution in [2.75, 3.05) is 0 Å². The third kappa shape index (κ3) is 4.63. The monoisotopic (exact) mass is 849 g/mol. The summed E-state index contributed by atoms with van der Waals surface area (Å²) in [6.45, 7) is 0. The van der Waals surface area contributed by atoms with Gasteiger partial charge in [-0.1, -0.05) is 109 Å². The minimum absolute atomic E-state index is 0.503. The summed E-state index contributed by atoms with van der Waals surface area (Å²) in [5.41, 5.74) is 10.9. The number of aromatic nitrogens is 7. The van der Waals surface area contributed by atoms with Crippen LogP contribution >= 0.6 is 0 Å². The standard InChI is InChI=1S/C56H31N7O3/c1-7-21-40-32(15-1)46-35-18-4-10-24-43(35)64-54(46)61(40)49-38(52-57-27-13-28-58-52)31-39(53-59-29-14-30-60-53)50(62-41-22-8-2-16-33(41)47-36-19-5-11-25-44(36)65-55(47)62)51(49)63-42-23-9-3-17-34(42)48-37-20-6-12-26-45(37)66-56(48)63/h1-31H. The van der Waals surface area contributed by atoms with Gasteiger partial charge in [0.2, 0.25) is 17.1 Å². The molecule has 8 heterocycles. The molecule has 0 aliphatic carbocycles. The summed E-state index contributed by atoms with van der Waals surface area (Å²) in [7, 11) is 0. The maximum atomic E-state index is 7.14. The fraction of sp³-hybridized carbons (Fsp3) is 0. The first-order valence-electron chi connectivity index (χ1n) is 21.8. The van der Waals surface area contributed by atoms with Crippen molar-refractivity contribution in [3.8, 4) is 39.8 Å². The van der Waals surface area contributed by atoms with Gasteiger partial charge < -0.3 is 13.3 Å². The summed E-state index contributed by atoms with van der Waals surface area (Å²) in [6, 6.07) is 56.0. The molecule has 0 saturated heterocycles. The van der Waals surface area contributed by atoms with E-state index >= 15 is 0 Å². The van der Waals surface area contributed by atoms with Gasteiger partial charge in [0, 0.05) is 68.2 Å². The second kappa shape index (κ2) is 13.1. The van der Waals surface area contributed by atoms with E-state index in [1.165, 1.54) is 0 Å². The average molecular weight is 850 g/mol. The van der Waals surface area contributed by atoms with Crippen molar-refractivity contribution in [2.24, 2.45) is 0 Å². The van der Waals surface area contributed by atoms with E-state index in [4.69, 9.17) is 33.2 Å². The number of hydrogen-bond donors (Lipinski definition) is 0. The highest BCUT2D eigenvalue weighted by Gasteiger charge is 2.34. The van der Waals surface area contributed by atoms with E-state index in [0.29, 0.717) is 28.8 Å². The quantitative estimate of drug-likeness (QED) is 0.170. The van der Waals surface area contributed by atoms with E-state index in [0.717, 1.165) is 110 Å². The smallest absolute Gasteiger partial charge is 0.213 e. The zero-order chi connectivity index (χ0) is 43.0. The number of hydrogen-bond acceptors (Lipinski definition) is 7. The second-order valence-electron chi connectivity index (χ2n) is 16.6. The Balaban J connectivity index is 1.28. The third-order valence-electron chi connectivity index (χ3n) is 13.1. The molecule has 0 saturated carbocycles. The number of nitrogens with zero attached hydrogens (tertiary/aromatic N) is 7. The Morgan fingerprint density at radius 2 is 0.606 bits per heavy atom. The van der Waals surface area contributed by atoms with E-state index in [1.807, 2.05) is 48.5 Å². The van der Waals surface area contributed by atoms with Crippen molar-refractivity contribution in [1.82, 2.24) is 33.6 Å². The number of benzene rings is 7. The zero-order valence-corrected chi connectivity index (χ0v) is 34.8. The lowest BCUT2D eigenvalue weighted by atomic mass is 10.00. The number of furan rings is 3. The van der Waals surface area contributed by atoms with Crippen LogP contribution in [0.5, 0.6) is 0 Å². The molecule has 15 aromatic rings. The molecule has 0 atom stereocenters. The predicted octanol–water partition coefficient (Wildman–Crippen LogP) is 14.1. The Bertz CT molecular complexity index is 4260. The number of para-hydroxylation sites is 6. The molecule has 308 valence electrons. The highest BCUT2D eigenvalue weighted by molar-refractivity contribution is 6.24. The van der Waals surface area contributed by atoms with Gasteiger partial charge in [0.25, 0.3) is 0 Å². The van der Waals surface area contributed by atoms with Crippen LogP contribution in [0.2, 0.25) is 0 Å². The van der Waals surface area contributed by atoms with Crippen molar-refractivity contribution in [1.29, 1.82) is 0 Å². The van der Waals surface area contributed by atoms with Crippen LogP contribution in [0.25, 0.3) is 139 Å². The van der Waals surface area contributed by atoms with E-state index in [2.05, 4.69) is 129 Å². The zero-order valence-electron chi connectivity index (χ0n) is 34.8. The molecule has 0 fully saturated rings. The van der Waals surface area contributed by atoms with Gasteiger partial charge in [-0.05, 0) is 54.6 Å². The second-order valence-corrected chi connectivity index (χ2v) is 16.6. The summed E-state index contributed by atoms with van der Waals surface area (Å²) in [6.07, 6.45) is 7.12. The number of rotatable bonds is 5. The Morgan fingerprint density at radius 1 is 0.303 bits per heavy atom. The normalized spacial score (nSPS) is 12.2. The maximum absolute atomic E-state index is 7.14. The van der Waals surface area contributed by atoms with Gasteiger partial charge in [-0.25, -0.2) is 19.9 Å². The van der Waals surface area contributed by atoms with Crippen molar-refractivity contribution in [2.45, 2.75) is 0 Å². The highest BCUT2D eigenvalue weighted by atomic mass is 16.4. The van der Waals surface area contributed by atoms with E-state index in [-0.39, 0.29) is 0 Å². The fourth-order valence-corrected chi connectivity index (χ4v) is 10.5. The van der Waals surface area contributed by atoms with Crippen LogP contribution in [0.1, 0.15) is 0 Å². The summed E-state index contributed by atoms with van der Waals surface area (Å²) >= 11 is 0. The molecular weight excluding hydrogens is 819 g/mol. The SMILES string of the molecule is c1cnc(-c2cc(-c3ncccn3)c(-n3c4ccccc4c4c5ccccc5oc43)c(-n3c4ccccc4c4c5ccccc5oc43)c2-n2c3ccccc3c3c4ccccc4oc32)nc1. The van der Waals surface area contributed by atoms with E-state index in [9.17, 15) is 0 Å². The van der Waals surface area contributed by atoms with Crippen molar-refractivity contribution in [3.63, 3.8) is 0 Å². The largest absolute Gasteiger partial charge is 0.439 e. The average Bonchev–Trinajstić information content (AvgIpc) is 4.22. The first-order chi connectivity index (χ1) is 32.8. The van der Waals surface area contributed by atoms with Crippen LogP contribution in [-0.2, 0) is 0 Å². The van der Waals surface area contributed by atoms with Gasteiger partial charge in [0.05, 0.1) is 49.8 Å². The van der Waals surface area contributed by atoms with Gasteiger partial charge in [-0.2, -0.15) is 0 Å². The Hall–Kier alpha value is -9.28. The molecule has 8 aromatic heterocycles. The molecule has 10 heteroatoms. The molecule has 0 spiro atoms. The van der Waals surface area contributed by atoms with Crippen LogP contribution in [0, 0.1) is 0 Å². The molecule has 7 aromatic carbocycles.